The molecule has 152 valence electrons. The zero-order valence-corrected chi connectivity index (χ0v) is 16.8. The first-order valence-corrected chi connectivity index (χ1v) is 10.0. The van der Waals surface area contributed by atoms with E-state index >= 15 is 0 Å². The number of ether oxygens (including phenoxy) is 1. The SMILES string of the molecule is CNC1CCN(c2ncc(-c3nc(C(C)OC4CCN(C)CC4)no3)cn2)C1. The van der Waals surface area contributed by atoms with Crippen LogP contribution in [0.15, 0.2) is 16.9 Å². The molecule has 0 aromatic carbocycles. The molecule has 0 spiro atoms. The highest BCUT2D eigenvalue weighted by molar-refractivity contribution is 5.51. The van der Waals surface area contributed by atoms with Crippen LogP contribution in [0, 0.1) is 0 Å². The molecule has 2 unspecified atom stereocenters. The monoisotopic (exact) mass is 387 g/mol. The molecule has 2 atom stereocenters. The van der Waals surface area contributed by atoms with Crippen molar-refractivity contribution in [1.29, 1.82) is 0 Å². The maximum absolute atomic E-state index is 6.13. The second kappa shape index (κ2) is 8.50. The molecule has 0 saturated carbocycles. The molecule has 0 bridgehead atoms. The lowest BCUT2D eigenvalue weighted by Crippen LogP contribution is -2.34. The second-order valence-electron chi connectivity index (χ2n) is 7.73. The summed E-state index contributed by atoms with van der Waals surface area (Å²) in [7, 11) is 4.13. The average Bonchev–Trinajstić information content (AvgIpc) is 3.40. The van der Waals surface area contributed by atoms with Gasteiger partial charge in [0, 0.05) is 44.6 Å². The van der Waals surface area contributed by atoms with Crippen molar-refractivity contribution in [2.24, 2.45) is 0 Å². The standard InChI is InChI=1S/C19H29N7O2/c1-13(27-16-5-7-25(3)8-6-16)17-23-18(28-24-17)14-10-21-19(22-11-14)26-9-4-15(12-26)20-2/h10-11,13,15-16,20H,4-9,12H2,1-3H3. The van der Waals surface area contributed by atoms with Crippen LogP contribution < -0.4 is 10.2 Å². The number of nitrogens with zero attached hydrogens (tertiary/aromatic N) is 6. The van der Waals surface area contributed by atoms with Crippen LogP contribution >= 0.6 is 0 Å². The minimum Gasteiger partial charge on any atom is -0.367 e. The van der Waals surface area contributed by atoms with Crippen molar-refractivity contribution in [2.75, 3.05) is 45.2 Å². The zero-order chi connectivity index (χ0) is 19.5. The lowest BCUT2D eigenvalue weighted by atomic mass is 10.1. The molecule has 2 aliphatic rings. The fourth-order valence-electron chi connectivity index (χ4n) is 3.76. The Morgan fingerprint density at radius 2 is 1.93 bits per heavy atom. The van der Waals surface area contributed by atoms with E-state index in [1.807, 2.05) is 14.0 Å². The summed E-state index contributed by atoms with van der Waals surface area (Å²) < 4.78 is 11.6. The van der Waals surface area contributed by atoms with Crippen LogP contribution in [-0.4, -0.2) is 77.4 Å². The highest BCUT2D eigenvalue weighted by atomic mass is 16.5. The molecule has 0 amide bonds. The van der Waals surface area contributed by atoms with E-state index in [1.54, 1.807) is 12.4 Å². The van der Waals surface area contributed by atoms with Gasteiger partial charge < -0.3 is 24.4 Å². The Bertz CT molecular complexity index is 758. The predicted octanol–water partition coefficient (Wildman–Crippen LogP) is 1.50. The Hall–Kier alpha value is -2.10. The van der Waals surface area contributed by atoms with E-state index in [-0.39, 0.29) is 12.2 Å². The van der Waals surface area contributed by atoms with Crippen LogP contribution in [0.1, 0.15) is 38.1 Å². The highest BCUT2D eigenvalue weighted by Gasteiger charge is 2.24. The molecule has 0 radical (unpaired) electrons. The van der Waals surface area contributed by atoms with E-state index in [0.29, 0.717) is 17.8 Å². The number of nitrogens with one attached hydrogen (secondary N) is 1. The van der Waals surface area contributed by atoms with Crippen molar-refractivity contribution in [1.82, 2.24) is 30.3 Å². The Morgan fingerprint density at radius 1 is 1.18 bits per heavy atom. The molecule has 4 rings (SSSR count). The van der Waals surface area contributed by atoms with E-state index in [4.69, 9.17) is 9.26 Å². The van der Waals surface area contributed by atoms with E-state index in [0.717, 1.165) is 57.0 Å². The van der Waals surface area contributed by atoms with E-state index < -0.39 is 0 Å². The lowest BCUT2D eigenvalue weighted by molar-refractivity contribution is -0.0371. The fourth-order valence-corrected chi connectivity index (χ4v) is 3.76. The Labute approximate surface area is 165 Å². The molecule has 9 heteroatoms. The first-order chi connectivity index (χ1) is 13.6. The summed E-state index contributed by atoms with van der Waals surface area (Å²) in [6, 6.07) is 0.493. The molecule has 0 aliphatic carbocycles. The van der Waals surface area contributed by atoms with Gasteiger partial charge in [-0.2, -0.15) is 4.98 Å². The molecule has 2 aromatic rings. The first-order valence-electron chi connectivity index (χ1n) is 10.0. The second-order valence-corrected chi connectivity index (χ2v) is 7.73. The summed E-state index contributed by atoms with van der Waals surface area (Å²) in [5.74, 6) is 1.73. The Balaban J connectivity index is 1.37. The van der Waals surface area contributed by atoms with Crippen LogP contribution in [-0.2, 0) is 4.74 Å². The number of hydrogen-bond acceptors (Lipinski definition) is 9. The third-order valence-electron chi connectivity index (χ3n) is 5.63. The summed E-state index contributed by atoms with van der Waals surface area (Å²) in [5, 5.41) is 7.40. The number of aromatic nitrogens is 4. The molecule has 4 heterocycles. The quantitative estimate of drug-likeness (QED) is 0.791. The van der Waals surface area contributed by atoms with Crippen LogP contribution in [0.3, 0.4) is 0 Å². The maximum atomic E-state index is 6.13. The van der Waals surface area contributed by atoms with Gasteiger partial charge in [0.05, 0.1) is 11.7 Å². The molecule has 9 nitrogen and oxygen atoms in total. The predicted molar refractivity (Wildman–Crippen MR) is 105 cm³/mol. The Morgan fingerprint density at radius 3 is 2.61 bits per heavy atom. The molecule has 2 saturated heterocycles. The van der Waals surface area contributed by atoms with Crippen molar-refractivity contribution in [3.05, 3.63) is 18.2 Å². The summed E-state index contributed by atoms with van der Waals surface area (Å²) in [6.45, 7) is 5.97. The van der Waals surface area contributed by atoms with Gasteiger partial charge in [-0.1, -0.05) is 5.16 Å². The van der Waals surface area contributed by atoms with E-state index in [1.165, 1.54) is 0 Å². The minimum absolute atomic E-state index is 0.200. The van der Waals surface area contributed by atoms with Gasteiger partial charge >= 0.3 is 0 Å². The van der Waals surface area contributed by atoms with E-state index in [9.17, 15) is 0 Å². The smallest absolute Gasteiger partial charge is 0.261 e. The third kappa shape index (κ3) is 4.31. The van der Waals surface area contributed by atoms with Gasteiger partial charge in [0.2, 0.25) is 11.8 Å². The third-order valence-corrected chi connectivity index (χ3v) is 5.63. The van der Waals surface area contributed by atoms with Crippen LogP contribution in [0.2, 0.25) is 0 Å². The van der Waals surface area contributed by atoms with Crippen molar-refractivity contribution >= 4 is 5.95 Å². The molecule has 1 N–H and O–H groups in total. The lowest BCUT2D eigenvalue weighted by Gasteiger charge is -2.30. The first kappa shape index (κ1) is 19.2. The number of rotatable bonds is 6. The minimum atomic E-state index is -0.200. The van der Waals surface area contributed by atoms with Gasteiger partial charge in [-0.05, 0) is 40.3 Å². The van der Waals surface area contributed by atoms with Crippen molar-refractivity contribution in [3.8, 4) is 11.5 Å². The molecule has 2 aliphatic heterocycles. The van der Waals surface area contributed by atoms with Crippen molar-refractivity contribution in [3.63, 3.8) is 0 Å². The summed E-state index contributed by atoms with van der Waals surface area (Å²) in [5.41, 5.74) is 0.721. The van der Waals surface area contributed by atoms with Gasteiger partial charge in [0.1, 0.15) is 6.10 Å². The van der Waals surface area contributed by atoms with Crippen molar-refractivity contribution in [2.45, 2.75) is 44.4 Å². The number of likely N-dealkylation sites (N-methyl/N-ethyl adjacent to an activating group) is 1. The normalized spacial score (nSPS) is 22.7. The molecular weight excluding hydrogens is 358 g/mol. The number of piperidine rings is 1. The molecular formula is C19H29N7O2. The molecule has 2 aromatic heterocycles. The van der Waals surface area contributed by atoms with Gasteiger partial charge in [-0.15, -0.1) is 0 Å². The van der Waals surface area contributed by atoms with Crippen LogP contribution in [0.4, 0.5) is 5.95 Å². The molecule has 2 fully saturated rings. The maximum Gasteiger partial charge on any atom is 0.261 e. The Kier molecular flexibility index (Phi) is 5.84. The molecule has 28 heavy (non-hydrogen) atoms. The van der Waals surface area contributed by atoms with Crippen molar-refractivity contribution < 1.29 is 9.26 Å². The average molecular weight is 387 g/mol. The van der Waals surface area contributed by atoms with E-state index in [2.05, 4.69) is 42.3 Å². The largest absolute Gasteiger partial charge is 0.367 e. The van der Waals surface area contributed by atoms with Crippen LogP contribution in [0.5, 0.6) is 0 Å². The van der Waals surface area contributed by atoms with Crippen LogP contribution in [0.25, 0.3) is 11.5 Å². The zero-order valence-electron chi connectivity index (χ0n) is 16.8. The summed E-state index contributed by atoms with van der Waals surface area (Å²) in [4.78, 5) is 18.0. The topological polar surface area (TPSA) is 92.4 Å². The van der Waals surface area contributed by atoms with Gasteiger partial charge in [0.15, 0.2) is 0 Å². The van der Waals surface area contributed by atoms with Gasteiger partial charge in [-0.25, -0.2) is 9.97 Å². The van der Waals surface area contributed by atoms with Gasteiger partial charge in [0.25, 0.3) is 5.89 Å². The fraction of sp³-hybridized carbons (Fsp3) is 0.684. The number of anilines is 1. The number of hydrogen-bond donors (Lipinski definition) is 1. The summed E-state index contributed by atoms with van der Waals surface area (Å²) in [6.07, 6.45) is 6.71. The van der Waals surface area contributed by atoms with Gasteiger partial charge in [-0.3, -0.25) is 0 Å². The number of likely N-dealkylation sites (tertiary alicyclic amines) is 1. The highest BCUT2D eigenvalue weighted by Crippen LogP contribution is 2.24. The summed E-state index contributed by atoms with van der Waals surface area (Å²) >= 11 is 0.